The third kappa shape index (κ3) is 23.6. The van der Waals surface area contributed by atoms with E-state index in [0.29, 0.717) is 0 Å². The molecular weight excluding hydrogens is 326 g/mol. The Balaban J connectivity index is -0.00000180. The summed E-state index contributed by atoms with van der Waals surface area (Å²) >= 11 is 0. The number of rotatable bonds is 13. The van der Waals surface area contributed by atoms with Crippen LogP contribution >= 0.6 is 0 Å². The van der Waals surface area contributed by atoms with Crippen molar-refractivity contribution in [2.45, 2.75) is 71.1 Å². The Bertz CT molecular complexity index is 347. The summed E-state index contributed by atoms with van der Waals surface area (Å²) in [5.74, 6) is -1.84. The van der Waals surface area contributed by atoms with E-state index in [1.165, 1.54) is 44.9 Å². The van der Waals surface area contributed by atoms with Crippen LogP contribution in [0.3, 0.4) is 0 Å². The van der Waals surface area contributed by atoms with Crippen LogP contribution < -0.4 is 0 Å². The molecule has 2 radical (unpaired) electrons. The quantitative estimate of drug-likeness (QED) is 0.238. The zero-order valence-corrected chi connectivity index (χ0v) is 19.3. The first-order valence-electron chi connectivity index (χ1n) is 7.56. The van der Waals surface area contributed by atoms with E-state index in [4.69, 9.17) is 9.29 Å². The molecule has 1 N–H and O–H groups in total. The zero-order valence-electron chi connectivity index (χ0n) is 14.5. The summed E-state index contributed by atoms with van der Waals surface area (Å²) in [6.07, 6.45) is 11.8. The van der Waals surface area contributed by atoms with Crippen molar-refractivity contribution in [3.63, 3.8) is 0 Å². The average Bonchev–Trinajstić information content (AvgIpc) is 2.34. The number of unbranched alkanes of at least 4 members (excludes halogenated alkanes) is 9. The van der Waals surface area contributed by atoms with Crippen LogP contribution in [0.4, 0.5) is 0 Å². The number of hydrogen-bond donors (Lipinski definition) is 1. The van der Waals surface area contributed by atoms with Crippen LogP contribution in [0.5, 0.6) is 0 Å². The predicted octanol–water partition coefficient (Wildman–Crippen LogP) is 2.58. The molecule has 0 unspecified atom stereocenters. The maximum atomic E-state index is 11.0. The van der Waals surface area contributed by atoms with Gasteiger partial charge in [0.1, 0.15) is 0 Å². The largest absolute Gasteiger partial charge is 0.465 e. The van der Waals surface area contributed by atoms with E-state index in [1.807, 2.05) is 0 Å². The monoisotopic (exact) mass is 354 g/mol. The first kappa shape index (κ1) is 28.2. The van der Waals surface area contributed by atoms with Crippen LogP contribution in [0.1, 0.15) is 71.1 Å². The summed E-state index contributed by atoms with van der Waals surface area (Å²) < 4.78 is 33.9. The van der Waals surface area contributed by atoms with Gasteiger partial charge in [0, 0.05) is 59.1 Å². The van der Waals surface area contributed by atoms with Gasteiger partial charge in [-0.15, -0.1) is 0 Å². The minimum absolute atomic E-state index is 0. The molecule has 0 rings (SSSR count). The van der Waals surface area contributed by atoms with Gasteiger partial charge in [0.05, 0.1) is 6.61 Å². The van der Waals surface area contributed by atoms with Crippen LogP contribution in [-0.4, -0.2) is 90.4 Å². The summed E-state index contributed by atoms with van der Waals surface area (Å²) in [6, 6.07) is 0. The summed E-state index contributed by atoms with van der Waals surface area (Å²) in [4.78, 5) is 11.0. The summed E-state index contributed by atoms with van der Waals surface area (Å²) in [5, 5.41) is 0. The van der Waals surface area contributed by atoms with Gasteiger partial charge in [-0.3, -0.25) is 9.35 Å². The molecule has 0 heterocycles. The van der Waals surface area contributed by atoms with E-state index in [2.05, 4.69) is 6.92 Å². The third-order valence-corrected chi connectivity index (χ3v) is 3.66. The molecule has 0 fully saturated rings. The third-order valence-electron chi connectivity index (χ3n) is 3.06. The number of hydrogen-bond acceptors (Lipinski definition) is 4. The van der Waals surface area contributed by atoms with Gasteiger partial charge < -0.3 is 4.74 Å². The zero-order chi connectivity index (χ0) is 15.3. The van der Waals surface area contributed by atoms with Gasteiger partial charge in [-0.2, -0.15) is 8.42 Å². The van der Waals surface area contributed by atoms with E-state index >= 15 is 0 Å². The second-order valence-electron chi connectivity index (χ2n) is 5.13. The molecule has 0 atom stereocenters. The molecule has 0 amide bonds. The van der Waals surface area contributed by atoms with Crippen LogP contribution in [-0.2, 0) is 19.6 Å². The topological polar surface area (TPSA) is 80.7 Å². The molecule has 122 valence electrons. The van der Waals surface area contributed by atoms with Gasteiger partial charge >= 0.3 is 5.97 Å². The average molecular weight is 354 g/mol. The fourth-order valence-corrected chi connectivity index (χ4v) is 2.35. The summed E-state index contributed by atoms with van der Waals surface area (Å²) in [6.45, 7) is 2.44. The molecule has 0 bridgehead atoms. The van der Waals surface area contributed by atoms with Gasteiger partial charge in [-0.05, 0) is 6.42 Å². The standard InChI is InChI=1S/C14H28O5S.2Na/c1-2-3-4-5-6-7-8-9-10-11-12-19-14(15)13-20(16,17)18;;/h2-13H2,1H3,(H,16,17,18);;. The molecule has 0 aromatic rings. The number of ether oxygens (including phenoxy) is 1. The number of carbonyl (C=O) groups excluding carboxylic acids is 1. The normalized spacial score (nSPS) is 10.5. The molecule has 0 aliphatic heterocycles. The van der Waals surface area contributed by atoms with Gasteiger partial charge in [0.2, 0.25) is 0 Å². The van der Waals surface area contributed by atoms with Crippen molar-refractivity contribution in [2.24, 2.45) is 0 Å². The van der Waals surface area contributed by atoms with Gasteiger partial charge in [0.15, 0.2) is 5.75 Å². The maximum absolute atomic E-state index is 11.0. The van der Waals surface area contributed by atoms with Gasteiger partial charge in [-0.1, -0.05) is 64.7 Å². The van der Waals surface area contributed by atoms with Crippen molar-refractivity contribution in [1.82, 2.24) is 0 Å². The van der Waals surface area contributed by atoms with E-state index < -0.39 is 21.8 Å². The van der Waals surface area contributed by atoms with E-state index in [0.717, 1.165) is 19.3 Å². The van der Waals surface area contributed by atoms with Crippen LogP contribution in [0.15, 0.2) is 0 Å². The van der Waals surface area contributed by atoms with E-state index in [1.54, 1.807) is 0 Å². The predicted molar refractivity (Wildman–Crippen MR) is 90.7 cm³/mol. The Hall–Kier alpha value is 1.38. The van der Waals surface area contributed by atoms with Crippen molar-refractivity contribution >= 4 is 75.2 Å². The molecule has 5 nitrogen and oxygen atoms in total. The molecule has 0 aliphatic carbocycles. The van der Waals surface area contributed by atoms with E-state index in [-0.39, 0.29) is 65.7 Å². The first-order chi connectivity index (χ1) is 9.45. The smallest absolute Gasteiger partial charge is 0.323 e. The minimum atomic E-state index is -4.26. The molecule has 22 heavy (non-hydrogen) atoms. The molecule has 0 spiro atoms. The second kappa shape index (κ2) is 18.7. The Kier molecular flexibility index (Phi) is 24.0. The van der Waals surface area contributed by atoms with Crippen LogP contribution in [0, 0.1) is 0 Å². The molecular formula is C14H28Na2O5S. The molecule has 0 saturated carbocycles. The fourth-order valence-electron chi connectivity index (χ4n) is 1.97. The van der Waals surface area contributed by atoms with E-state index in [9.17, 15) is 13.2 Å². The first-order valence-corrected chi connectivity index (χ1v) is 9.17. The van der Waals surface area contributed by atoms with Crippen molar-refractivity contribution in [3.8, 4) is 0 Å². The SMILES string of the molecule is CCCCCCCCCCCCOC(=O)CS(=O)(=O)O.[Na].[Na]. The Labute approximate surface area is 179 Å². The molecule has 0 aliphatic rings. The number of carbonyl (C=O) groups is 1. The van der Waals surface area contributed by atoms with Crippen molar-refractivity contribution in [3.05, 3.63) is 0 Å². The Morgan fingerprint density at radius 2 is 1.27 bits per heavy atom. The van der Waals surface area contributed by atoms with Crippen molar-refractivity contribution in [2.75, 3.05) is 12.4 Å². The number of esters is 1. The molecule has 0 aromatic carbocycles. The molecule has 0 aromatic heterocycles. The maximum Gasteiger partial charge on any atom is 0.323 e. The molecule has 8 heteroatoms. The van der Waals surface area contributed by atoms with Gasteiger partial charge in [-0.25, -0.2) is 0 Å². The summed E-state index contributed by atoms with van der Waals surface area (Å²) in [7, 11) is -4.26. The minimum Gasteiger partial charge on any atom is -0.465 e. The van der Waals surface area contributed by atoms with Crippen molar-refractivity contribution in [1.29, 1.82) is 0 Å². The Morgan fingerprint density at radius 3 is 1.68 bits per heavy atom. The summed E-state index contributed by atoms with van der Waals surface area (Å²) in [5.41, 5.74) is 0. The van der Waals surface area contributed by atoms with Crippen molar-refractivity contribution < 1.29 is 22.5 Å². The Morgan fingerprint density at radius 1 is 0.864 bits per heavy atom. The fraction of sp³-hybridized carbons (Fsp3) is 0.929. The second-order valence-corrected chi connectivity index (χ2v) is 6.58. The molecule has 0 saturated heterocycles. The van der Waals surface area contributed by atoms with Crippen LogP contribution in [0.25, 0.3) is 0 Å². The van der Waals surface area contributed by atoms with Crippen LogP contribution in [0.2, 0.25) is 0 Å². The van der Waals surface area contributed by atoms with Gasteiger partial charge in [0.25, 0.3) is 10.1 Å².